The molecule has 5 nitrogen and oxygen atoms in total. The summed E-state index contributed by atoms with van der Waals surface area (Å²) in [5.41, 5.74) is 0.0828. The van der Waals surface area contributed by atoms with Gasteiger partial charge in [-0.1, -0.05) is 21.1 Å². The minimum Gasteiger partial charge on any atom is -0.474 e. The average Bonchev–Trinajstić information content (AvgIpc) is 2.66. The Morgan fingerprint density at radius 2 is 2.25 bits per heavy atom. The molecular weight excluding hydrogens is 283 g/mol. The summed E-state index contributed by atoms with van der Waals surface area (Å²) in [6.45, 7) is 0. The predicted molar refractivity (Wildman–Crippen MR) is 54.4 cm³/mol. The molecule has 2 rings (SSSR count). The fraction of sp³-hybridized carbons (Fsp3) is 0. The summed E-state index contributed by atoms with van der Waals surface area (Å²) in [6.07, 6.45) is 0. The maximum absolute atomic E-state index is 13.4. The summed E-state index contributed by atoms with van der Waals surface area (Å²) in [6, 6.07) is 4.25. The molecule has 0 bridgehead atoms. The molecule has 16 heavy (non-hydrogen) atoms. The number of nitrogens with zero attached hydrogens (tertiary/aromatic N) is 2. The van der Waals surface area contributed by atoms with E-state index in [4.69, 9.17) is 5.11 Å². The Balaban J connectivity index is 2.46. The first kappa shape index (κ1) is 10.7. The molecule has 0 saturated carbocycles. The van der Waals surface area contributed by atoms with E-state index in [2.05, 4.69) is 30.6 Å². The highest BCUT2D eigenvalue weighted by Gasteiger charge is 2.16. The van der Waals surface area contributed by atoms with Gasteiger partial charge in [-0.3, -0.25) is 0 Å². The van der Waals surface area contributed by atoms with Crippen LogP contribution >= 0.6 is 15.9 Å². The molecule has 0 amide bonds. The van der Waals surface area contributed by atoms with Crippen LogP contribution in [0.25, 0.3) is 11.4 Å². The number of carbonyl (C=O) groups is 1. The topological polar surface area (TPSA) is 76.2 Å². The molecule has 0 unspecified atom stereocenters. The lowest BCUT2D eigenvalue weighted by Gasteiger charge is -1.96. The van der Waals surface area contributed by atoms with Gasteiger partial charge in [-0.25, -0.2) is 9.18 Å². The normalized spacial score (nSPS) is 10.4. The van der Waals surface area contributed by atoms with E-state index in [1.807, 2.05) is 0 Å². The largest absolute Gasteiger partial charge is 0.474 e. The highest BCUT2D eigenvalue weighted by molar-refractivity contribution is 9.10. The van der Waals surface area contributed by atoms with E-state index in [1.165, 1.54) is 12.1 Å². The molecule has 0 aliphatic rings. The van der Waals surface area contributed by atoms with E-state index in [0.717, 1.165) is 0 Å². The summed E-state index contributed by atoms with van der Waals surface area (Å²) in [4.78, 5) is 14.0. The first-order chi connectivity index (χ1) is 7.58. The second-order valence-corrected chi connectivity index (χ2v) is 3.77. The van der Waals surface area contributed by atoms with Crippen LogP contribution in [-0.4, -0.2) is 21.2 Å². The van der Waals surface area contributed by atoms with Crippen LogP contribution in [0.15, 0.2) is 27.2 Å². The standard InChI is InChI=1S/C9H4BrFN2O3/c10-4-1-2-5(6(11)3-4)7-12-8(9(14)15)16-13-7/h1-3H,(H,14,15). The molecule has 0 radical (unpaired) electrons. The molecule has 0 aliphatic heterocycles. The van der Waals surface area contributed by atoms with Crippen molar-refractivity contribution in [2.45, 2.75) is 0 Å². The second kappa shape index (κ2) is 4.01. The third-order valence-corrected chi connectivity index (χ3v) is 2.27. The number of halogens is 2. The Kier molecular flexibility index (Phi) is 2.69. The fourth-order valence-electron chi connectivity index (χ4n) is 1.09. The van der Waals surface area contributed by atoms with Crippen LogP contribution in [0.3, 0.4) is 0 Å². The molecule has 1 N–H and O–H groups in total. The molecule has 1 aromatic carbocycles. The molecule has 2 aromatic rings. The van der Waals surface area contributed by atoms with Crippen molar-refractivity contribution in [1.82, 2.24) is 10.1 Å². The Morgan fingerprint density at radius 1 is 1.50 bits per heavy atom. The minimum absolute atomic E-state index is 0.0828. The first-order valence-corrected chi connectivity index (χ1v) is 4.89. The first-order valence-electron chi connectivity index (χ1n) is 4.10. The summed E-state index contributed by atoms with van der Waals surface area (Å²) >= 11 is 3.10. The molecular formula is C9H4BrFN2O3. The summed E-state index contributed by atoms with van der Waals surface area (Å²) < 4.78 is 18.4. The van der Waals surface area contributed by atoms with E-state index in [-0.39, 0.29) is 11.4 Å². The van der Waals surface area contributed by atoms with Gasteiger partial charge < -0.3 is 9.63 Å². The van der Waals surface area contributed by atoms with E-state index in [1.54, 1.807) is 6.07 Å². The SMILES string of the molecule is O=C(O)c1nc(-c2ccc(Br)cc2F)no1. The maximum atomic E-state index is 13.4. The Bertz CT molecular complexity index is 555. The maximum Gasteiger partial charge on any atom is 0.394 e. The van der Waals surface area contributed by atoms with Crippen molar-refractivity contribution in [3.05, 3.63) is 34.4 Å². The summed E-state index contributed by atoms with van der Waals surface area (Å²) in [5, 5.41) is 11.9. The molecule has 7 heteroatoms. The van der Waals surface area contributed by atoms with Crippen molar-refractivity contribution < 1.29 is 18.8 Å². The minimum atomic E-state index is -1.35. The third kappa shape index (κ3) is 1.94. The van der Waals surface area contributed by atoms with Crippen molar-refractivity contribution >= 4 is 21.9 Å². The molecule has 1 aromatic heterocycles. The lowest BCUT2D eigenvalue weighted by atomic mass is 10.2. The van der Waals surface area contributed by atoms with Crippen molar-refractivity contribution in [3.8, 4) is 11.4 Å². The average molecular weight is 287 g/mol. The Morgan fingerprint density at radius 3 is 2.81 bits per heavy atom. The zero-order chi connectivity index (χ0) is 11.7. The van der Waals surface area contributed by atoms with Gasteiger partial charge in [-0.05, 0) is 18.2 Å². The van der Waals surface area contributed by atoms with E-state index < -0.39 is 17.7 Å². The Labute approximate surface area is 97.0 Å². The molecule has 0 fully saturated rings. The van der Waals surface area contributed by atoms with Crippen LogP contribution in [0.2, 0.25) is 0 Å². The van der Waals surface area contributed by atoms with Gasteiger partial charge in [0.2, 0.25) is 5.82 Å². The second-order valence-electron chi connectivity index (χ2n) is 2.85. The quantitative estimate of drug-likeness (QED) is 0.917. The lowest BCUT2D eigenvalue weighted by molar-refractivity contribution is 0.0643. The van der Waals surface area contributed by atoms with Crippen LogP contribution in [0.5, 0.6) is 0 Å². The molecule has 0 saturated heterocycles. The third-order valence-electron chi connectivity index (χ3n) is 1.78. The summed E-state index contributed by atoms with van der Waals surface area (Å²) in [7, 11) is 0. The number of benzene rings is 1. The van der Waals surface area contributed by atoms with Gasteiger partial charge in [0.15, 0.2) is 0 Å². The van der Waals surface area contributed by atoms with Gasteiger partial charge in [0.25, 0.3) is 0 Å². The highest BCUT2D eigenvalue weighted by atomic mass is 79.9. The zero-order valence-electron chi connectivity index (χ0n) is 7.65. The molecule has 0 spiro atoms. The zero-order valence-corrected chi connectivity index (χ0v) is 9.23. The van der Waals surface area contributed by atoms with Gasteiger partial charge >= 0.3 is 11.9 Å². The van der Waals surface area contributed by atoms with Crippen LogP contribution in [0.4, 0.5) is 4.39 Å². The number of aromatic carboxylic acids is 1. The van der Waals surface area contributed by atoms with Gasteiger partial charge in [-0.15, -0.1) is 0 Å². The predicted octanol–water partition coefficient (Wildman–Crippen LogP) is 2.34. The van der Waals surface area contributed by atoms with Crippen LogP contribution in [0, 0.1) is 5.82 Å². The van der Waals surface area contributed by atoms with Crippen molar-refractivity contribution in [1.29, 1.82) is 0 Å². The molecule has 0 atom stereocenters. The van der Waals surface area contributed by atoms with Crippen LogP contribution in [0.1, 0.15) is 10.7 Å². The van der Waals surface area contributed by atoms with Crippen molar-refractivity contribution in [2.75, 3.05) is 0 Å². The van der Waals surface area contributed by atoms with E-state index in [9.17, 15) is 9.18 Å². The summed E-state index contributed by atoms with van der Waals surface area (Å²) in [5.74, 6) is -2.58. The number of aromatic nitrogens is 2. The molecule has 82 valence electrons. The monoisotopic (exact) mass is 286 g/mol. The van der Waals surface area contributed by atoms with Crippen LogP contribution < -0.4 is 0 Å². The number of hydrogen-bond acceptors (Lipinski definition) is 4. The molecule has 0 aliphatic carbocycles. The lowest BCUT2D eigenvalue weighted by Crippen LogP contribution is -1.95. The van der Waals surface area contributed by atoms with Gasteiger partial charge in [0, 0.05) is 4.47 Å². The van der Waals surface area contributed by atoms with Crippen molar-refractivity contribution in [2.24, 2.45) is 0 Å². The highest BCUT2D eigenvalue weighted by Crippen LogP contribution is 2.23. The molecule has 1 heterocycles. The fourth-order valence-corrected chi connectivity index (χ4v) is 1.42. The van der Waals surface area contributed by atoms with Crippen LogP contribution in [-0.2, 0) is 0 Å². The van der Waals surface area contributed by atoms with Gasteiger partial charge in [0.05, 0.1) is 5.56 Å². The number of hydrogen-bond donors (Lipinski definition) is 1. The van der Waals surface area contributed by atoms with Gasteiger partial charge in [-0.2, -0.15) is 4.98 Å². The van der Waals surface area contributed by atoms with Gasteiger partial charge in [0.1, 0.15) is 5.82 Å². The number of rotatable bonds is 2. The van der Waals surface area contributed by atoms with E-state index >= 15 is 0 Å². The Hall–Kier alpha value is -1.76. The number of carboxylic acid groups (broad SMARTS) is 1. The number of carboxylic acids is 1. The van der Waals surface area contributed by atoms with Crippen molar-refractivity contribution in [3.63, 3.8) is 0 Å². The van der Waals surface area contributed by atoms with E-state index in [0.29, 0.717) is 4.47 Å². The smallest absolute Gasteiger partial charge is 0.394 e.